The molecule has 4 nitrogen and oxygen atoms in total. The van der Waals surface area contributed by atoms with Crippen LogP contribution in [0.5, 0.6) is 0 Å². The number of hydrogen-bond acceptors (Lipinski definition) is 2. The van der Waals surface area contributed by atoms with E-state index in [0.717, 1.165) is 5.52 Å². The van der Waals surface area contributed by atoms with E-state index in [0.29, 0.717) is 17.5 Å². The molecule has 0 aliphatic rings. The zero-order valence-corrected chi connectivity index (χ0v) is 10.5. The maximum atomic E-state index is 13.6. The van der Waals surface area contributed by atoms with Gasteiger partial charge >= 0.3 is 0 Å². The lowest BCUT2D eigenvalue weighted by Gasteiger charge is -2.06. The van der Waals surface area contributed by atoms with Crippen LogP contribution in [-0.2, 0) is 6.54 Å². The Bertz CT molecular complexity index is 795. The van der Waals surface area contributed by atoms with E-state index in [9.17, 15) is 14.5 Å². The zero-order valence-electron chi connectivity index (χ0n) is 10.5. The second-order valence-corrected chi connectivity index (χ2v) is 4.50. The quantitative estimate of drug-likeness (QED) is 0.537. The number of hydrogen-bond donors (Lipinski definition) is 0. The molecule has 0 saturated carbocycles. The summed E-state index contributed by atoms with van der Waals surface area (Å²) in [6, 6.07) is 13.1. The summed E-state index contributed by atoms with van der Waals surface area (Å²) in [6.07, 6.45) is 1.74. The van der Waals surface area contributed by atoms with Gasteiger partial charge in [0.1, 0.15) is 5.82 Å². The Morgan fingerprint density at radius 2 is 1.90 bits per heavy atom. The molecule has 0 saturated heterocycles. The number of benzene rings is 2. The first-order valence-corrected chi connectivity index (χ1v) is 6.12. The van der Waals surface area contributed by atoms with Gasteiger partial charge in [-0.05, 0) is 18.2 Å². The van der Waals surface area contributed by atoms with Crippen LogP contribution in [0.3, 0.4) is 0 Å². The summed E-state index contributed by atoms with van der Waals surface area (Å²) in [5.74, 6) is -0.288. The summed E-state index contributed by atoms with van der Waals surface area (Å²) in [5, 5.41) is 11.5. The topological polar surface area (TPSA) is 48.1 Å². The van der Waals surface area contributed by atoms with Crippen LogP contribution in [0.4, 0.5) is 10.1 Å². The predicted octanol–water partition coefficient (Wildman–Crippen LogP) is 3.74. The highest BCUT2D eigenvalue weighted by atomic mass is 19.1. The fourth-order valence-electron chi connectivity index (χ4n) is 2.33. The second-order valence-electron chi connectivity index (χ2n) is 4.50. The standard InChI is InChI=1S/C15H11FN2O2/c16-13-5-3-7-15-12(13)8-9-17(15)10-11-4-1-2-6-14(11)18(19)20/h1-9H,10H2. The summed E-state index contributed by atoms with van der Waals surface area (Å²) in [5.41, 5.74) is 1.40. The Labute approximate surface area is 114 Å². The molecule has 0 spiro atoms. The molecule has 3 aromatic rings. The van der Waals surface area contributed by atoms with Crippen LogP contribution in [0.15, 0.2) is 54.7 Å². The lowest BCUT2D eigenvalue weighted by Crippen LogP contribution is -2.01. The molecule has 0 aliphatic heterocycles. The van der Waals surface area contributed by atoms with Gasteiger partial charge in [-0.1, -0.05) is 24.3 Å². The molecule has 1 aromatic heterocycles. The third kappa shape index (κ3) is 2.03. The van der Waals surface area contributed by atoms with Gasteiger partial charge < -0.3 is 4.57 Å². The zero-order chi connectivity index (χ0) is 14.1. The highest BCUT2D eigenvalue weighted by Gasteiger charge is 2.13. The summed E-state index contributed by atoms with van der Waals surface area (Å²) in [4.78, 5) is 10.6. The Balaban J connectivity index is 2.06. The molecular formula is C15H11FN2O2. The average Bonchev–Trinajstić information content (AvgIpc) is 2.84. The third-order valence-corrected chi connectivity index (χ3v) is 3.29. The van der Waals surface area contributed by atoms with Crippen LogP contribution in [0.1, 0.15) is 5.56 Å². The average molecular weight is 270 g/mol. The molecule has 0 unspecified atom stereocenters. The first-order chi connectivity index (χ1) is 9.66. The normalized spacial score (nSPS) is 10.8. The number of nitro benzene ring substituents is 1. The molecule has 0 bridgehead atoms. The van der Waals surface area contributed by atoms with Crippen LogP contribution in [0.2, 0.25) is 0 Å². The lowest BCUT2D eigenvalue weighted by atomic mass is 10.2. The van der Waals surface area contributed by atoms with Crippen molar-refractivity contribution in [1.29, 1.82) is 0 Å². The number of nitro groups is 1. The Morgan fingerprint density at radius 3 is 2.70 bits per heavy atom. The van der Waals surface area contributed by atoms with Crippen LogP contribution in [-0.4, -0.2) is 9.49 Å². The number of para-hydroxylation sites is 1. The van der Waals surface area contributed by atoms with Crippen molar-refractivity contribution < 1.29 is 9.31 Å². The third-order valence-electron chi connectivity index (χ3n) is 3.29. The Hall–Kier alpha value is -2.69. The van der Waals surface area contributed by atoms with Crippen LogP contribution < -0.4 is 0 Å². The fraction of sp³-hybridized carbons (Fsp3) is 0.0667. The molecule has 5 heteroatoms. The van der Waals surface area contributed by atoms with Crippen LogP contribution >= 0.6 is 0 Å². The van der Waals surface area contributed by atoms with Crippen molar-refractivity contribution in [3.8, 4) is 0 Å². The number of fused-ring (bicyclic) bond motifs is 1. The van der Waals surface area contributed by atoms with Crippen LogP contribution in [0.25, 0.3) is 10.9 Å². The van der Waals surface area contributed by atoms with E-state index >= 15 is 0 Å². The monoisotopic (exact) mass is 270 g/mol. The van der Waals surface area contributed by atoms with Crippen molar-refractivity contribution in [3.05, 3.63) is 76.2 Å². The number of nitrogens with zero attached hydrogens (tertiary/aromatic N) is 2. The van der Waals surface area contributed by atoms with Gasteiger partial charge in [-0.3, -0.25) is 10.1 Å². The van der Waals surface area contributed by atoms with Gasteiger partial charge in [0.2, 0.25) is 0 Å². The van der Waals surface area contributed by atoms with E-state index in [4.69, 9.17) is 0 Å². The number of halogens is 1. The summed E-state index contributed by atoms with van der Waals surface area (Å²) < 4.78 is 15.4. The van der Waals surface area contributed by atoms with Gasteiger partial charge in [-0.2, -0.15) is 0 Å². The molecule has 3 rings (SSSR count). The molecule has 0 atom stereocenters. The Kier molecular flexibility index (Phi) is 2.95. The number of aromatic nitrogens is 1. The minimum absolute atomic E-state index is 0.0748. The summed E-state index contributed by atoms with van der Waals surface area (Å²) >= 11 is 0. The summed E-state index contributed by atoms with van der Waals surface area (Å²) in [7, 11) is 0. The molecule has 0 N–H and O–H groups in total. The molecule has 0 fully saturated rings. The highest BCUT2D eigenvalue weighted by Crippen LogP contribution is 2.23. The van der Waals surface area contributed by atoms with E-state index in [1.54, 1.807) is 47.2 Å². The molecule has 2 aromatic carbocycles. The molecular weight excluding hydrogens is 259 g/mol. The maximum Gasteiger partial charge on any atom is 0.274 e. The van der Waals surface area contributed by atoms with E-state index < -0.39 is 4.92 Å². The van der Waals surface area contributed by atoms with Gasteiger partial charge in [-0.25, -0.2) is 4.39 Å². The molecule has 0 aliphatic carbocycles. The smallest absolute Gasteiger partial charge is 0.274 e. The van der Waals surface area contributed by atoms with E-state index in [1.807, 2.05) is 0 Å². The van der Waals surface area contributed by atoms with Crippen molar-refractivity contribution in [3.63, 3.8) is 0 Å². The largest absolute Gasteiger partial charge is 0.343 e. The summed E-state index contributed by atoms with van der Waals surface area (Å²) in [6.45, 7) is 0.337. The molecule has 100 valence electrons. The lowest BCUT2D eigenvalue weighted by molar-refractivity contribution is -0.385. The molecule has 0 amide bonds. The molecule has 0 radical (unpaired) electrons. The van der Waals surface area contributed by atoms with E-state index in [2.05, 4.69) is 0 Å². The number of rotatable bonds is 3. The van der Waals surface area contributed by atoms with Gasteiger partial charge in [0.05, 0.1) is 17.0 Å². The van der Waals surface area contributed by atoms with Crippen molar-refractivity contribution in [1.82, 2.24) is 4.57 Å². The van der Waals surface area contributed by atoms with Gasteiger partial charge in [0.15, 0.2) is 0 Å². The van der Waals surface area contributed by atoms with Crippen molar-refractivity contribution in [2.45, 2.75) is 6.54 Å². The van der Waals surface area contributed by atoms with Gasteiger partial charge in [-0.15, -0.1) is 0 Å². The minimum atomic E-state index is -0.401. The van der Waals surface area contributed by atoms with E-state index in [-0.39, 0.29) is 11.5 Å². The van der Waals surface area contributed by atoms with Gasteiger partial charge in [0.25, 0.3) is 5.69 Å². The Morgan fingerprint density at radius 1 is 1.10 bits per heavy atom. The van der Waals surface area contributed by atoms with E-state index in [1.165, 1.54) is 12.1 Å². The first kappa shape index (κ1) is 12.3. The van der Waals surface area contributed by atoms with Gasteiger partial charge in [0, 0.05) is 23.2 Å². The minimum Gasteiger partial charge on any atom is -0.343 e. The SMILES string of the molecule is O=[N+]([O-])c1ccccc1Cn1ccc2c(F)cccc21. The van der Waals surface area contributed by atoms with Crippen LogP contribution in [0, 0.1) is 15.9 Å². The molecule has 1 heterocycles. The molecule has 20 heavy (non-hydrogen) atoms. The first-order valence-electron chi connectivity index (χ1n) is 6.12. The fourth-order valence-corrected chi connectivity index (χ4v) is 2.33. The maximum absolute atomic E-state index is 13.6. The van der Waals surface area contributed by atoms with Crippen molar-refractivity contribution >= 4 is 16.6 Å². The second kappa shape index (κ2) is 4.77. The highest BCUT2D eigenvalue weighted by molar-refractivity contribution is 5.80. The van der Waals surface area contributed by atoms with Crippen molar-refractivity contribution in [2.75, 3.05) is 0 Å². The predicted molar refractivity (Wildman–Crippen MR) is 74.1 cm³/mol. The van der Waals surface area contributed by atoms with Crippen molar-refractivity contribution in [2.24, 2.45) is 0 Å².